The first-order valence-corrected chi connectivity index (χ1v) is 8.66. The Morgan fingerprint density at radius 3 is 2.50 bits per heavy atom. The second kappa shape index (κ2) is 6.60. The first-order valence-electron chi connectivity index (χ1n) is 6.63. The van der Waals surface area contributed by atoms with Gasteiger partial charge in [0.1, 0.15) is 0 Å². The van der Waals surface area contributed by atoms with Crippen molar-refractivity contribution in [2.45, 2.75) is 13.5 Å². The normalized spacial score (nSPS) is 11.6. The second-order valence-corrected chi connectivity index (χ2v) is 7.19. The Hall–Kier alpha value is -1.70. The second-order valence-electron chi connectivity index (χ2n) is 4.73. The summed E-state index contributed by atoms with van der Waals surface area (Å²) in [4.78, 5) is 11.6. The van der Waals surface area contributed by atoms with Crippen molar-refractivity contribution in [2.75, 3.05) is 5.75 Å². The zero-order valence-corrected chi connectivity index (χ0v) is 13.8. The number of aryl methyl sites for hydroxylation is 1. The average Bonchev–Trinajstić information content (AvgIpc) is 2.50. The van der Waals surface area contributed by atoms with Gasteiger partial charge in [0, 0.05) is 25.2 Å². The monoisotopic (exact) mass is 341 g/mol. The first-order chi connectivity index (χ1) is 10.3. The molecule has 1 aromatic heterocycles. The predicted molar refractivity (Wildman–Crippen MR) is 86.2 cm³/mol. The molecule has 0 aliphatic rings. The van der Waals surface area contributed by atoms with Crippen LogP contribution in [0.4, 0.5) is 0 Å². The SMILES string of the molecule is CCS(=O)(=O)NCc1ccc(-c2cc(=O)n(C)nc2Cl)cc1. The number of rotatable bonds is 5. The molecule has 8 heteroatoms. The molecule has 22 heavy (non-hydrogen) atoms. The van der Waals surface area contributed by atoms with Crippen molar-refractivity contribution in [1.82, 2.24) is 14.5 Å². The van der Waals surface area contributed by atoms with Gasteiger partial charge in [-0.2, -0.15) is 5.10 Å². The van der Waals surface area contributed by atoms with E-state index < -0.39 is 10.0 Å². The summed E-state index contributed by atoms with van der Waals surface area (Å²) < 4.78 is 26.5. The van der Waals surface area contributed by atoms with Crippen LogP contribution >= 0.6 is 11.6 Å². The fraction of sp³-hybridized carbons (Fsp3) is 0.286. The number of aromatic nitrogens is 2. The Bertz CT molecular complexity index is 829. The van der Waals surface area contributed by atoms with Crippen LogP contribution in [0.25, 0.3) is 11.1 Å². The summed E-state index contributed by atoms with van der Waals surface area (Å²) in [5.41, 5.74) is 1.86. The Labute approximate surface area is 133 Å². The van der Waals surface area contributed by atoms with Gasteiger partial charge in [-0.05, 0) is 18.1 Å². The lowest BCUT2D eigenvalue weighted by Gasteiger charge is -2.07. The van der Waals surface area contributed by atoms with E-state index in [1.165, 1.54) is 17.8 Å². The first kappa shape index (κ1) is 16.7. The van der Waals surface area contributed by atoms with Gasteiger partial charge in [0.15, 0.2) is 5.15 Å². The van der Waals surface area contributed by atoms with E-state index in [-0.39, 0.29) is 23.0 Å². The minimum atomic E-state index is -3.22. The smallest absolute Gasteiger partial charge is 0.267 e. The van der Waals surface area contributed by atoms with E-state index >= 15 is 0 Å². The van der Waals surface area contributed by atoms with Crippen LogP contribution in [0.15, 0.2) is 35.1 Å². The molecule has 0 aliphatic heterocycles. The zero-order valence-electron chi connectivity index (χ0n) is 12.2. The molecule has 6 nitrogen and oxygen atoms in total. The van der Waals surface area contributed by atoms with Gasteiger partial charge in [-0.25, -0.2) is 17.8 Å². The Morgan fingerprint density at radius 2 is 1.91 bits per heavy atom. The quantitative estimate of drug-likeness (QED) is 0.894. The van der Waals surface area contributed by atoms with E-state index in [1.807, 2.05) is 0 Å². The number of nitrogens with one attached hydrogen (secondary N) is 1. The Morgan fingerprint density at radius 1 is 1.27 bits per heavy atom. The summed E-state index contributed by atoms with van der Waals surface area (Å²) in [6.07, 6.45) is 0. The van der Waals surface area contributed by atoms with Crippen LogP contribution in [0.1, 0.15) is 12.5 Å². The standard InChI is InChI=1S/C14H16ClN3O3S/c1-3-22(20,21)16-9-10-4-6-11(7-5-10)12-8-13(19)18(2)17-14(12)15/h4-8,16H,3,9H2,1-2H3. The summed E-state index contributed by atoms with van der Waals surface area (Å²) in [5, 5.41) is 4.17. The number of hydrogen-bond donors (Lipinski definition) is 1. The lowest BCUT2D eigenvalue weighted by Crippen LogP contribution is -2.24. The molecule has 118 valence electrons. The number of hydrogen-bond acceptors (Lipinski definition) is 4. The number of nitrogens with zero attached hydrogens (tertiary/aromatic N) is 2. The van der Waals surface area contributed by atoms with E-state index in [0.717, 1.165) is 11.1 Å². The minimum Gasteiger partial charge on any atom is -0.268 e. The van der Waals surface area contributed by atoms with E-state index in [9.17, 15) is 13.2 Å². The molecule has 0 aliphatic carbocycles. The van der Waals surface area contributed by atoms with Crippen LogP contribution in [-0.2, 0) is 23.6 Å². The van der Waals surface area contributed by atoms with E-state index in [0.29, 0.717) is 5.56 Å². The van der Waals surface area contributed by atoms with Crippen LogP contribution in [0, 0.1) is 0 Å². The van der Waals surface area contributed by atoms with Crippen molar-refractivity contribution < 1.29 is 8.42 Å². The largest absolute Gasteiger partial charge is 0.268 e. The van der Waals surface area contributed by atoms with E-state index in [4.69, 9.17) is 11.6 Å². The molecule has 1 heterocycles. The van der Waals surface area contributed by atoms with Gasteiger partial charge in [-0.1, -0.05) is 35.9 Å². The highest BCUT2D eigenvalue weighted by Crippen LogP contribution is 2.24. The van der Waals surface area contributed by atoms with Crippen LogP contribution < -0.4 is 10.3 Å². The summed E-state index contributed by atoms with van der Waals surface area (Å²) in [6, 6.07) is 8.53. The van der Waals surface area contributed by atoms with Crippen molar-refractivity contribution in [3.63, 3.8) is 0 Å². The summed E-state index contributed by atoms with van der Waals surface area (Å²) in [6.45, 7) is 1.80. The third-order valence-corrected chi connectivity index (χ3v) is 4.81. The van der Waals surface area contributed by atoms with Crippen molar-refractivity contribution in [3.8, 4) is 11.1 Å². The van der Waals surface area contributed by atoms with E-state index in [1.54, 1.807) is 31.2 Å². The topological polar surface area (TPSA) is 81.1 Å². The third kappa shape index (κ3) is 3.94. The molecular formula is C14H16ClN3O3S. The van der Waals surface area contributed by atoms with Gasteiger partial charge in [-0.15, -0.1) is 0 Å². The molecule has 0 radical (unpaired) electrons. The van der Waals surface area contributed by atoms with Gasteiger partial charge in [-0.3, -0.25) is 4.79 Å². The van der Waals surface area contributed by atoms with Gasteiger partial charge in [0.25, 0.3) is 5.56 Å². The van der Waals surface area contributed by atoms with Crippen molar-refractivity contribution in [3.05, 3.63) is 51.4 Å². The fourth-order valence-electron chi connectivity index (χ4n) is 1.81. The molecule has 0 spiro atoms. The molecule has 0 atom stereocenters. The highest BCUT2D eigenvalue weighted by atomic mass is 35.5. The molecule has 0 amide bonds. The third-order valence-electron chi connectivity index (χ3n) is 3.19. The van der Waals surface area contributed by atoms with Gasteiger partial charge >= 0.3 is 0 Å². The minimum absolute atomic E-state index is 0.0413. The molecule has 0 saturated carbocycles. The van der Waals surface area contributed by atoms with E-state index in [2.05, 4.69) is 9.82 Å². The molecule has 0 fully saturated rings. The highest BCUT2D eigenvalue weighted by Gasteiger charge is 2.09. The van der Waals surface area contributed by atoms with Gasteiger partial charge < -0.3 is 0 Å². The highest BCUT2D eigenvalue weighted by molar-refractivity contribution is 7.89. The lowest BCUT2D eigenvalue weighted by atomic mass is 10.1. The Balaban J connectivity index is 2.23. The van der Waals surface area contributed by atoms with Crippen LogP contribution in [0.2, 0.25) is 5.15 Å². The molecule has 0 saturated heterocycles. The summed E-state index contributed by atoms with van der Waals surface area (Å²) in [7, 11) is -1.69. The zero-order chi connectivity index (χ0) is 16.3. The molecule has 0 unspecified atom stereocenters. The van der Waals surface area contributed by atoms with Crippen molar-refractivity contribution in [1.29, 1.82) is 0 Å². The predicted octanol–water partition coefficient (Wildman–Crippen LogP) is 1.54. The maximum absolute atomic E-state index is 11.6. The van der Waals surface area contributed by atoms with Gasteiger partial charge in [0.2, 0.25) is 10.0 Å². The fourth-order valence-corrected chi connectivity index (χ4v) is 2.68. The van der Waals surface area contributed by atoms with Gasteiger partial charge in [0.05, 0.1) is 5.75 Å². The number of sulfonamides is 1. The maximum Gasteiger partial charge on any atom is 0.267 e. The van der Waals surface area contributed by atoms with Crippen LogP contribution in [0.3, 0.4) is 0 Å². The lowest BCUT2D eigenvalue weighted by molar-refractivity contribution is 0.582. The maximum atomic E-state index is 11.6. The molecule has 2 aromatic rings. The molecule has 2 rings (SSSR count). The summed E-state index contributed by atoms with van der Waals surface area (Å²) in [5.74, 6) is 0.0413. The van der Waals surface area contributed by atoms with Crippen molar-refractivity contribution >= 4 is 21.6 Å². The van der Waals surface area contributed by atoms with Crippen LogP contribution in [0.5, 0.6) is 0 Å². The number of halogens is 1. The van der Waals surface area contributed by atoms with Crippen molar-refractivity contribution in [2.24, 2.45) is 7.05 Å². The summed E-state index contributed by atoms with van der Waals surface area (Å²) >= 11 is 6.05. The molecule has 1 aromatic carbocycles. The average molecular weight is 342 g/mol. The molecular weight excluding hydrogens is 326 g/mol. The molecule has 0 bridgehead atoms. The number of benzene rings is 1. The van der Waals surface area contributed by atoms with Crippen LogP contribution in [-0.4, -0.2) is 24.0 Å². The Kier molecular flexibility index (Phi) is 5.00. The molecule has 1 N–H and O–H groups in total.